The maximum absolute atomic E-state index is 5.09. The molecule has 0 aliphatic carbocycles. The van der Waals surface area contributed by atoms with Gasteiger partial charge in [0.2, 0.25) is 5.96 Å². The van der Waals surface area contributed by atoms with Gasteiger partial charge in [0.1, 0.15) is 0 Å². The van der Waals surface area contributed by atoms with Gasteiger partial charge in [-0.2, -0.15) is 0 Å². The molecule has 4 nitrogen and oxygen atoms in total. The van der Waals surface area contributed by atoms with Crippen LogP contribution in [0.5, 0.6) is 0 Å². The van der Waals surface area contributed by atoms with E-state index in [9.17, 15) is 0 Å². The van der Waals surface area contributed by atoms with Gasteiger partial charge < -0.3 is 11.5 Å². The van der Waals surface area contributed by atoms with Crippen LogP contribution in [0.15, 0.2) is 29.6 Å². The Balaban J connectivity index is 2.80. The van der Waals surface area contributed by atoms with Crippen LogP contribution in [-0.2, 0) is 0 Å². The number of rotatable bonds is 1. The van der Waals surface area contributed by atoms with Gasteiger partial charge in [-0.05, 0) is 12.1 Å². The number of aromatic nitrogens is 1. The molecule has 0 aromatic carbocycles. The van der Waals surface area contributed by atoms with Crippen molar-refractivity contribution in [3.05, 3.63) is 24.5 Å². The number of nitrogens with zero attached hydrogens (tertiary/aromatic N) is 2. The second-order valence-corrected chi connectivity index (χ2v) is 1.59. The highest BCUT2D eigenvalue weighted by Crippen LogP contribution is 1.86. The van der Waals surface area contributed by atoms with Crippen molar-refractivity contribution in [1.82, 2.24) is 4.68 Å². The first kappa shape index (κ1) is 5.68. The normalized spacial score (nSPS) is 8.89. The molecular weight excluding hydrogens is 116 g/mol. The Morgan fingerprint density at radius 1 is 1.22 bits per heavy atom. The van der Waals surface area contributed by atoms with Crippen molar-refractivity contribution in [2.45, 2.75) is 0 Å². The van der Waals surface area contributed by atoms with E-state index in [1.807, 2.05) is 12.1 Å². The minimum atomic E-state index is 0.0613. The van der Waals surface area contributed by atoms with Gasteiger partial charge in [-0.15, -0.1) is 5.10 Å². The minimum absolute atomic E-state index is 0.0613. The fraction of sp³-hybridized carbons (Fsp3) is 0. The molecule has 1 heterocycles. The van der Waals surface area contributed by atoms with Crippen LogP contribution in [0.1, 0.15) is 0 Å². The second kappa shape index (κ2) is 2.21. The molecule has 0 fully saturated rings. The summed E-state index contributed by atoms with van der Waals surface area (Å²) < 4.78 is 1.54. The zero-order valence-electron chi connectivity index (χ0n) is 4.86. The first-order chi connectivity index (χ1) is 4.29. The van der Waals surface area contributed by atoms with E-state index in [-0.39, 0.29) is 5.96 Å². The van der Waals surface area contributed by atoms with Gasteiger partial charge in [0.25, 0.3) is 0 Å². The van der Waals surface area contributed by atoms with E-state index in [1.54, 1.807) is 12.4 Å². The van der Waals surface area contributed by atoms with Gasteiger partial charge in [-0.1, -0.05) is 0 Å². The molecule has 0 bridgehead atoms. The average Bonchev–Trinajstić information content (AvgIpc) is 2.15. The Bertz CT molecular complexity index is 195. The highest BCUT2D eigenvalue weighted by Gasteiger charge is 1.80. The summed E-state index contributed by atoms with van der Waals surface area (Å²) in [4.78, 5) is 0. The van der Waals surface area contributed by atoms with Crippen LogP contribution in [0.3, 0.4) is 0 Å². The number of nitrogens with two attached hydrogens (primary N) is 2. The molecule has 0 saturated heterocycles. The third-order valence-corrected chi connectivity index (χ3v) is 0.820. The summed E-state index contributed by atoms with van der Waals surface area (Å²) in [6.45, 7) is 0. The van der Waals surface area contributed by atoms with E-state index >= 15 is 0 Å². The van der Waals surface area contributed by atoms with E-state index in [4.69, 9.17) is 11.5 Å². The highest BCUT2D eigenvalue weighted by atomic mass is 15.4. The molecule has 1 rings (SSSR count). The molecule has 0 aliphatic heterocycles. The number of hydrogen-bond donors (Lipinski definition) is 2. The van der Waals surface area contributed by atoms with Gasteiger partial charge >= 0.3 is 0 Å². The monoisotopic (exact) mass is 124 g/mol. The van der Waals surface area contributed by atoms with Gasteiger partial charge in [0, 0.05) is 12.4 Å². The largest absolute Gasteiger partial charge is 0.369 e. The Kier molecular flexibility index (Phi) is 1.40. The highest BCUT2D eigenvalue weighted by molar-refractivity contribution is 5.75. The quantitative estimate of drug-likeness (QED) is 0.392. The van der Waals surface area contributed by atoms with Crippen LogP contribution in [0, 0.1) is 0 Å². The first-order valence-electron chi connectivity index (χ1n) is 2.52. The van der Waals surface area contributed by atoms with Gasteiger partial charge in [0.05, 0.1) is 0 Å². The Morgan fingerprint density at radius 2 is 1.78 bits per heavy atom. The predicted molar refractivity (Wildman–Crippen MR) is 35.6 cm³/mol. The van der Waals surface area contributed by atoms with Crippen molar-refractivity contribution < 1.29 is 0 Å². The smallest absolute Gasteiger partial charge is 0.209 e. The van der Waals surface area contributed by atoms with Crippen molar-refractivity contribution in [3.63, 3.8) is 0 Å². The molecule has 0 atom stereocenters. The van der Waals surface area contributed by atoms with Crippen molar-refractivity contribution in [1.29, 1.82) is 0 Å². The molecule has 1 aromatic rings. The lowest BCUT2D eigenvalue weighted by Gasteiger charge is -1.90. The lowest BCUT2D eigenvalue weighted by molar-refractivity contribution is 0.881. The SMILES string of the molecule is NC(N)=Nn1cccc1. The molecule has 4 heteroatoms. The minimum Gasteiger partial charge on any atom is -0.369 e. The molecule has 48 valence electrons. The summed E-state index contributed by atoms with van der Waals surface area (Å²) in [6, 6.07) is 3.68. The molecule has 4 N–H and O–H groups in total. The van der Waals surface area contributed by atoms with Crippen molar-refractivity contribution in [2.75, 3.05) is 0 Å². The van der Waals surface area contributed by atoms with Gasteiger partial charge in [0.15, 0.2) is 0 Å². The van der Waals surface area contributed by atoms with Crippen molar-refractivity contribution >= 4 is 5.96 Å². The Labute approximate surface area is 52.8 Å². The zero-order chi connectivity index (χ0) is 6.69. The fourth-order valence-electron chi connectivity index (χ4n) is 0.525. The van der Waals surface area contributed by atoms with E-state index < -0.39 is 0 Å². The summed E-state index contributed by atoms with van der Waals surface area (Å²) in [6.07, 6.45) is 3.50. The molecule has 1 aromatic heterocycles. The molecule has 0 spiro atoms. The van der Waals surface area contributed by atoms with Crippen molar-refractivity contribution in [2.24, 2.45) is 16.6 Å². The summed E-state index contributed by atoms with van der Waals surface area (Å²) in [7, 11) is 0. The maximum Gasteiger partial charge on any atom is 0.209 e. The molecule has 0 radical (unpaired) electrons. The van der Waals surface area contributed by atoms with Crippen LogP contribution in [-0.4, -0.2) is 10.6 Å². The lowest BCUT2D eigenvalue weighted by atomic mass is 10.7. The van der Waals surface area contributed by atoms with Crippen LogP contribution < -0.4 is 11.5 Å². The van der Waals surface area contributed by atoms with E-state index in [1.165, 1.54) is 4.68 Å². The zero-order valence-corrected chi connectivity index (χ0v) is 4.86. The molecular formula is C5H8N4. The maximum atomic E-state index is 5.09. The average molecular weight is 124 g/mol. The molecule has 0 saturated carbocycles. The summed E-state index contributed by atoms with van der Waals surface area (Å²) in [5, 5.41) is 3.71. The van der Waals surface area contributed by atoms with Crippen LogP contribution >= 0.6 is 0 Å². The van der Waals surface area contributed by atoms with Crippen molar-refractivity contribution in [3.8, 4) is 0 Å². The third-order valence-electron chi connectivity index (χ3n) is 0.820. The molecule has 9 heavy (non-hydrogen) atoms. The number of guanidine groups is 1. The van der Waals surface area contributed by atoms with Gasteiger partial charge in [-0.3, -0.25) is 0 Å². The first-order valence-corrected chi connectivity index (χ1v) is 2.52. The van der Waals surface area contributed by atoms with Crippen LogP contribution in [0.4, 0.5) is 0 Å². The molecule has 0 unspecified atom stereocenters. The summed E-state index contributed by atoms with van der Waals surface area (Å²) >= 11 is 0. The van der Waals surface area contributed by atoms with Gasteiger partial charge in [-0.25, -0.2) is 4.68 Å². The summed E-state index contributed by atoms with van der Waals surface area (Å²) in [5.41, 5.74) is 10.2. The van der Waals surface area contributed by atoms with E-state index in [0.717, 1.165) is 0 Å². The summed E-state index contributed by atoms with van der Waals surface area (Å²) in [5.74, 6) is 0.0613. The standard InChI is InChI=1S/C5H8N4/c6-5(7)8-9-3-1-2-4-9/h1-4H,(H4,6,7,8). The topological polar surface area (TPSA) is 69.3 Å². The number of hydrogen-bond acceptors (Lipinski definition) is 1. The van der Waals surface area contributed by atoms with E-state index in [2.05, 4.69) is 5.10 Å². The van der Waals surface area contributed by atoms with Crippen LogP contribution in [0.25, 0.3) is 0 Å². The molecule has 0 aliphatic rings. The van der Waals surface area contributed by atoms with E-state index in [0.29, 0.717) is 0 Å². The fourth-order valence-corrected chi connectivity index (χ4v) is 0.525. The molecule has 0 amide bonds. The lowest BCUT2D eigenvalue weighted by Crippen LogP contribution is -2.23. The van der Waals surface area contributed by atoms with Crippen LogP contribution in [0.2, 0.25) is 0 Å². The predicted octanol–water partition coefficient (Wildman–Crippen LogP) is -0.475. The Hall–Kier alpha value is -1.45. The third kappa shape index (κ3) is 1.49. The Morgan fingerprint density at radius 3 is 2.22 bits per heavy atom. The second-order valence-electron chi connectivity index (χ2n) is 1.59.